The maximum Gasteiger partial charge on any atom is 0.251 e. The topological polar surface area (TPSA) is 38.3 Å². The molecule has 1 N–H and O–H groups in total. The van der Waals surface area contributed by atoms with Crippen molar-refractivity contribution in [3.8, 4) is 0 Å². The molecule has 0 bridgehead atoms. The number of methoxy groups -OCH3 is 1. The van der Waals surface area contributed by atoms with E-state index in [0.717, 1.165) is 11.1 Å². The average Bonchev–Trinajstić information content (AvgIpc) is 2.29. The molecule has 0 spiro atoms. The number of carbonyl (C=O) groups is 1. The predicted molar refractivity (Wildman–Crippen MR) is 69.8 cm³/mol. The molecule has 0 saturated heterocycles. The maximum atomic E-state index is 11.9. The minimum Gasteiger partial charge on any atom is -0.383 e. The summed E-state index contributed by atoms with van der Waals surface area (Å²) in [5.74, 6) is -0.0899. The Morgan fingerprint density at radius 1 is 1.47 bits per heavy atom. The third-order valence-corrected chi connectivity index (χ3v) is 2.75. The molecule has 1 unspecified atom stereocenters. The van der Waals surface area contributed by atoms with Gasteiger partial charge in [0, 0.05) is 19.2 Å². The molecular weight excluding hydrogens is 238 g/mol. The summed E-state index contributed by atoms with van der Waals surface area (Å²) >= 11 is 5.94. The number of amides is 1. The van der Waals surface area contributed by atoms with E-state index >= 15 is 0 Å². The zero-order valence-electron chi connectivity index (χ0n) is 10.4. The minimum atomic E-state index is -0.200. The first-order valence-electron chi connectivity index (χ1n) is 5.53. The summed E-state index contributed by atoms with van der Waals surface area (Å²) in [4.78, 5) is 11.9. The number of rotatable bonds is 5. The monoisotopic (exact) mass is 255 g/mol. The number of benzene rings is 1. The van der Waals surface area contributed by atoms with E-state index < -0.39 is 0 Å². The Morgan fingerprint density at radius 2 is 2.18 bits per heavy atom. The molecule has 1 atom stereocenters. The van der Waals surface area contributed by atoms with E-state index in [-0.39, 0.29) is 11.3 Å². The van der Waals surface area contributed by atoms with E-state index in [1.54, 1.807) is 7.11 Å². The van der Waals surface area contributed by atoms with Gasteiger partial charge in [0.1, 0.15) is 0 Å². The van der Waals surface area contributed by atoms with Gasteiger partial charge in [-0.2, -0.15) is 0 Å². The van der Waals surface area contributed by atoms with Gasteiger partial charge in [0.2, 0.25) is 0 Å². The van der Waals surface area contributed by atoms with Crippen molar-refractivity contribution in [3.63, 3.8) is 0 Å². The van der Waals surface area contributed by atoms with Gasteiger partial charge in [-0.15, -0.1) is 11.6 Å². The third kappa shape index (κ3) is 4.36. The summed E-state index contributed by atoms with van der Waals surface area (Å²) < 4.78 is 4.90. The number of carbonyl (C=O) groups excluding carboxylic acids is 1. The summed E-state index contributed by atoms with van der Waals surface area (Å²) in [5.41, 5.74) is 2.73. The molecule has 94 valence electrons. The molecule has 1 aromatic rings. The molecule has 17 heavy (non-hydrogen) atoms. The highest BCUT2D eigenvalue weighted by atomic mass is 35.5. The van der Waals surface area contributed by atoms with Crippen molar-refractivity contribution in [3.05, 3.63) is 34.9 Å². The lowest BCUT2D eigenvalue weighted by Gasteiger charge is -2.11. The van der Waals surface area contributed by atoms with Gasteiger partial charge in [-0.05, 0) is 25.5 Å². The largest absolute Gasteiger partial charge is 0.383 e. The van der Waals surface area contributed by atoms with E-state index in [0.29, 0.717) is 18.7 Å². The van der Waals surface area contributed by atoms with Crippen molar-refractivity contribution in [1.29, 1.82) is 0 Å². The molecule has 4 heteroatoms. The second kappa shape index (κ2) is 6.62. The van der Waals surface area contributed by atoms with E-state index in [1.807, 2.05) is 32.0 Å². The van der Waals surface area contributed by atoms with Crippen LogP contribution in [0.25, 0.3) is 0 Å². The lowest BCUT2D eigenvalue weighted by molar-refractivity contribution is 0.0948. The van der Waals surface area contributed by atoms with Gasteiger partial charge in [-0.1, -0.05) is 17.7 Å². The molecule has 0 heterocycles. The van der Waals surface area contributed by atoms with E-state index in [9.17, 15) is 4.79 Å². The van der Waals surface area contributed by atoms with Crippen LogP contribution in [-0.2, 0) is 4.74 Å². The van der Waals surface area contributed by atoms with Crippen LogP contribution in [0.1, 0.15) is 21.5 Å². The molecule has 0 saturated carbocycles. The molecule has 0 radical (unpaired) electrons. The fourth-order valence-corrected chi connectivity index (χ4v) is 1.72. The van der Waals surface area contributed by atoms with Crippen LogP contribution in [0.3, 0.4) is 0 Å². The van der Waals surface area contributed by atoms with Gasteiger partial charge in [-0.25, -0.2) is 0 Å². The highest BCUT2D eigenvalue weighted by Gasteiger charge is 2.11. The Labute approximate surface area is 107 Å². The zero-order valence-corrected chi connectivity index (χ0v) is 11.2. The Balaban J connectivity index is 2.61. The number of halogens is 1. The van der Waals surface area contributed by atoms with Crippen LogP contribution < -0.4 is 5.32 Å². The summed E-state index contributed by atoms with van der Waals surface area (Å²) in [6.07, 6.45) is 0. The average molecular weight is 256 g/mol. The summed E-state index contributed by atoms with van der Waals surface area (Å²) in [5, 5.41) is 2.60. The number of nitrogens with one attached hydrogen (secondary N) is 1. The fourth-order valence-electron chi connectivity index (χ4n) is 1.52. The van der Waals surface area contributed by atoms with Crippen molar-refractivity contribution >= 4 is 17.5 Å². The van der Waals surface area contributed by atoms with Crippen LogP contribution in [0.2, 0.25) is 0 Å². The van der Waals surface area contributed by atoms with Crippen molar-refractivity contribution < 1.29 is 9.53 Å². The summed E-state index contributed by atoms with van der Waals surface area (Å²) in [7, 11) is 1.59. The first-order valence-corrected chi connectivity index (χ1v) is 5.96. The van der Waals surface area contributed by atoms with Gasteiger partial charge in [0.25, 0.3) is 5.91 Å². The lowest BCUT2D eigenvalue weighted by Crippen LogP contribution is -2.32. The van der Waals surface area contributed by atoms with E-state index in [4.69, 9.17) is 16.3 Å². The highest BCUT2D eigenvalue weighted by molar-refractivity contribution is 6.21. The van der Waals surface area contributed by atoms with E-state index in [2.05, 4.69) is 5.32 Å². The third-order valence-electron chi connectivity index (χ3n) is 2.47. The molecule has 0 aliphatic heterocycles. The summed E-state index contributed by atoms with van der Waals surface area (Å²) in [6.45, 7) is 4.71. The predicted octanol–water partition coefficient (Wildman–Crippen LogP) is 2.29. The molecule has 1 aromatic carbocycles. The van der Waals surface area contributed by atoms with Gasteiger partial charge >= 0.3 is 0 Å². The molecule has 0 aliphatic carbocycles. The van der Waals surface area contributed by atoms with Crippen molar-refractivity contribution in [2.45, 2.75) is 19.2 Å². The Bertz CT molecular complexity index is 393. The lowest BCUT2D eigenvalue weighted by atomic mass is 10.1. The van der Waals surface area contributed by atoms with Crippen LogP contribution in [-0.4, -0.2) is 31.5 Å². The van der Waals surface area contributed by atoms with Gasteiger partial charge in [0.05, 0.1) is 12.0 Å². The van der Waals surface area contributed by atoms with Gasteiger partial charge in [-0.3, -0.25) is 4.79 Å². The molecule has 0 aliphatic rings. The number of alkyl halides is 1. The van der Waals surface area contributed by atoms with Crippen LogP contribution in [0, 0.1) is 13.8 Å². The zero-order chi connectivity index (χ0) is 12.8. The normalized spacial score (nSPS) is 12.2. The second-order valence-corrected chi connectivity index (χ2v) is 4.70. The highest BCUT2D eigenvalue weighted by Crippen LogP contribution is 2.10. The van der Waals surface area contributed by atoms with Crippen molar-refractivity contribution in [2.24, 2.45) is 0 Å². The van der Waals surface area contributed by atoms with Crippen LogP contribution >= 0.6 is 11.6 Å². The first-order chi connectivity index (χ1) is 8.04. The molecule has 1 rings (SSSR count). The van der Waals surface area contributed by atoms with Gasteiger partial charge in [0.15, 0.2) is 0 Å². The first kappa shape index (κ1) is 14.0. The minimum absolute atomic E-state index is 0.0899. The van der Waals surface area contributed by atoms with Crippen LogP contribution in [0.5, 0.6) is 0 Å². The summed E-state index contributed by atoms with van der Waals surface area (Å²) in [6, 6.07) is 5.81. The van der Waals surface area contributed by atoms with Crippen LogP contribution in [0.4, 0.5) is 0 Å². The van der Waals surface area contributed by atoms with Crippen LogP contribution in [0.15, 0.2) is 18.2 Å². The number of hydrogen-bond acceptors (Lipinski definition) is 2. The van der Waals surface area contributed by atoms with Gasteiger partial charge < -0.3 is 10.1 Å². The quantitative estimate of drug-likeness (QED) is 0.820. The number of aryl methyl sites for hydroxylation is 2. The molecule has 3 nitrogen and oxygen atoms in total. The molecule has 0 fully saturated rings. The smallest absolute Gasteiger partial charge is 0.251 e. The number of hydrogen-bond donors (Lipinski definition) is 1. The molecule has 1 amide bonds. The molecular formula is C13H18ClNO2. The Morgan fingerprint density at radius 3 is 2.82 bits per heavy atom. The second-order valence-electron chi connectivity index (χ2n) is 4.08. The van der Waals surface area contributed by atoms with Crippen molar-refractivity contribution in [1.82, 2.24) is 5.32 Å². The Hall–Kier alpha value is -1.06. The Kier molecular flexibility index (Phi) is 5.45. The van der Waals surface area contributed by atoms with E-state index in [1.165, 1.54) is 0 Å². The standard InChI is InChI=1S/C13H18ClNO2/c1-9-4-5-10(2)12(6-9)13(16)15-7-11(14)8-17-3/h4-6,11H,7-8H2,1-3H3,(H,15,16). The fraction of sp³-hybridized carbons (Fsp3) is 0.462. The molecule has 0 aromatic heterocycles. The SMILES string of the molecule is COCC(Cl)CNC(=O)c1cc(C)ccc1C. The number of ether oxygens (including phenoxy) is 1. The van der Waals surface area contributed by atoms with Crippen molar-refractivity contribution in [2.75, 3.05) is 20.3 Å². The maximum absolute atomic E-state index is 11.9.